The van der Waals surface area contributed by atoms with Crippen LogP contribution in [-0.4, -0.2) is 5.11 Å². The van der Waals surface area contributed by atoms with E-state index in [4.69, 9.17) is 11.6 Å². The monoisotopic (exact) mass is 280 g/mol. The molecule has 0 bridgehead atoms. The summed E-state index contributed by atoms with van der Waals surface area (Å²) in [7, 11) is 0. The molecule has 1 aromatic heterocycles. The van der Waals surface area contributed by atoms with Crippen molar-refractivity contribution in [3.05, 3.63) is 55.7 Å². The third-order valence-electron chi connectivity index (χ3n) is 3.06. The van der Waals surface area contributed by atoms with Crippen LogP contribution in [0, 0.1) is 20.8 Å². The van der Waals surface area contributed by atoms with Crippen molar-refractivity contribution in [3.8, 4) is 0 Å². The van der Waals surface area contributed by atoms with Gasteiger partial charge >= 0.3 is 0 Å². The highest BCUT2D eigenvalue weighted by Gasteiger charge is 2.15. The third-order valence-corrected chi connectivity index (χ3v) is 4.39. The van der Waals surface area contributed by atoms with E-state index >= 15 is 0 Å². The van der Waals surface area contributed by atoms with Gasteiger partial charge in [0, 0.05) is 21.2 Å². The molecule has 2 aromatic rings. The molecular formula is C15H17ClOS. The van der Waals surface area contributed by atoms with Crippen molar-refractivity contribution in [2.24, 2.45) is 0 Å². The van der Waals surface area contributed by atoms with E-state index in [1.807, 2.05) is 32.0 Å². The summed E-state index contributed by atoms with van der Waals surface area (Å²) >= 11 is 7.92. The van der Waals surface area contributed by atoms with E-state index < -0.39 is 6.10 Å². The van der Waals surface area contributed by atoms with E-state index in [1.165, 1.54) is 9.75 Å². The van der Waals surface area contributed by atoms with Gasteiger partial charge in [-0.2, -0.15) is 0 Å². The lowest BCUT2D eigenvalue weighted by Crippen LogP contribution is -2.02. The van der Waals surface area contributed by atoms with Gasteiger partial charge in [-0.05, 0) is 49.6 Å². The van der Waals surface area contributed by atoms with Crippen molar-refractivity contribution in [3.63, 3.8) is 0 Å². The molecule has 1 atom stereocenters. The quantitative estimate of drug-likeness (QED) is 0.871. The lowest BCUT2D eigenvalue weighted by atomic mass is 10.0. The average Bonchev–Trinajstić information content (AvgIpc) is 2.62. The Morgan fingerprint density at radius 1 is 1.22 bits per heavy atom. The van der Waals surface area contributed by atoms with Crippen molar-refractivity contribution in [1.29, 1.82) is 0 Å². The highest BCUT2D eigenvalue weighted by atomic mass is 35.5. The van der Waals surface area contributed by atoms with Gasteiger partial charge in [0.15, 0.2) is 0 Å². The summed E-state index contributed by atoms with van der Waals surface area (Å²) in [5.41, 5.74) is 3.16. The largest absolute Gasteiger partial charge is 0.388 e. The average molecular weight is 281 g/mol. The molecule has 3 heteroatoms. The Balaban J connectivity index is 2.21. The number of halogens is 1. The fraction of sp³-hybridized carbons (Fsp3) is 0.333. The summed E-state index contributed by atoms with van der Waals surface area (Å²) in [6.45, 7) is 6.12. The normalized spacial score (nSPS) is 12.7. The van der Waals surface area contributed by atoms with Crippen LogP contribution in [0.4, 0.5) is 0 Å². The molecule has 1 N–H and O–H groups in total. The van der Waals surface area contributed by atoms with Crippen molar-refractivity contribution < 1.29 is 5.11 Å². The molecule has 1 unspecified atom stereocenters. The summed E-state index contributed by atoms with van der Waals surface area (Å²) in [5.74, 6) is 0. The Kier molecular flexibility index (Phi) is 4.10. The zero-order valence-corrected chi connectivity index (χ0v) is 12.4. The van der Waals surface area contributed by atoms with Crippen LogP contribution in [0.25, 0.3) is 0 Å². The first-order valence-corrected chi connectivity index (χ1v) is 7.17. The van der Waals surface area contributed by atoms with E-state index in [2.05, 4.69) is 13.0 Å². The van der Waals surface area contributed by atoms with Crippen LogP contribution in [-0.2, 0) is 6.42 Å². The number of aliphatic hydroxyl groups excluding tert-OH is 1. The van der Waals surface area contributed by atoms with E-state index in [-0.39, 0.29) is 0 Å². The van der Waals surface area contributed by atoms with Crippen molar-refractivity contribution in [1.82, 2.24) is 0 Å². The van der Waals surface area contributed by atoms with Crippen molar-refractivity contribution >= 4 is 22.9 Å². The van der Waals surface area contributed by atoms with E-state index in [1.54, 1.807) is 11.3 Å². The third kappa shape index (κ3) is 2.94. The predicted molar refractivity (Wildman–Crippen MR) is 78.6 cm³/mol. The first-order chi connectivity index (χ1) is 8.47. The number of thiophene rings is 1. The molecule has 1 nitrogen and oxygen atoms in total. The fourth-order valence-electron chi connectivity index (χ4n) is 2.12. The number of aryl methyl sites for hydroxylation is 3. The van der Waals surface area contributed by atoms with Gasteiger partial charge in [-0.3, -0.25) is 0 Å². The first kappa shape index (κ1) is 13.6. The first-order valence-electron chi connectivity index (χ1n) is 5.97. The molecule has 0 aliphatic rings. The topological polar surface area (TPSA) is 20.2 Å². The lowest BCUT2D eigenvalue weighted by Gasteiger charge is -2.12. The molecule has 0 saturated carbocycles. The molecule has 96 valence electrons. The van der Waals surface area contributed by atoms with Crippen LogP contribution in [0.15, 0.2) is 24.3 Å². The number of hydrogen-bond acceptors (Lipinski definition) is 2. The number of aliphatic hydroxyl groups is 1. The van der Waals surface area contributed by atoms with Crippen LogP contribution >= 0.6 is 22.9 Å². The van der Waals surface area contributed by atoms with E-state index in [0.29, 0.717) is 6.42 Å². The van der Waals surface area contributed by atoms with Gasteiger partial charge in [-0.1, -0.05) is 23.7 Å². The minimum Gasteiger partial charge on any atom is -0.388 e. The van der Waals surface area contributed by atoms with Crippen LogP contribution in [0.5, 0.6) is 0 Å². The Labute approximate surface area is 117 Å². The second-order valence-corrected chi connectivity index (χ2v) is 6.55. The SMILES string of the molecule is Cc1ccc(CC(O)c2cc(C)sc2C)c(Cl)c1. The van der Waals surface area contributed by atoms with Crippen LogP contribution < -0.4 is 0 Å². The zero-order valence-electron chi connectivity index (χ0n) is 10.8. The maximum Gasteiger partial charge on any atom is 0.0841 e. The predicted octanol–water partition coefficient (Wildman–Crippen LogP) is 4.60. The van der Waals surface area contributed by atoms with Crippen LogP contribution in [0.1, 0.15) is 32.5 Å². The molecule has 0 spiro atoms. The van der Waals surface area contributed by atoms with Gasteiger partial charge < -0.3 is 5.11 Å². The highest BCUT2D eigenvalue weighted by molar-refractivity contribution is 7.12. The molecule has 0 aliphatic carbocycles. The molecule has 18 heavy (non-hydrogen) atoms. The van der Waals surface area contributed by atoms with Gasteiger partial charge in [0.1, 0.15) is 0 Å². The van der Waals surface area contributed by atoms with Crippen LogP contribution in [0.2, 0.25) is 5.02 Å². The second kappa shape index (κ2) is 5.43. The Bertz CT molecular complexity index is 560. The minimum atomic E-state index is -0.477. The number of hydrogen-bond donors (Lipinski definition) is 1. The summed E-state index contributed by atoms with van der Waals surface area (Å²) < 4.78 is 0. The van der Waals surface area contributed by atoms with Gasteiger partial charge in [0.2, 0.25) is 0 Å². The number of rotatable bonds is 3. The van der Waals surface area contributed by atoms with Gasteiger partial charge in [-0.25, -0.2) is 0 Å². The Hall–Kier alpha value is -0.830. The van der Waals surface area contributed by atoms with Crippen LogP contribution in [0.3, 0.4) is 0 Å². The van der Waals surface area contributed by atoms with E-state index in [0.717, 1.165) is 21.7 Å². The second-order valence-electron chi connectivity index (χ2n) is 4.68. The summed E-state index contributed by atoms with van der Waals surface area (Å²) in [6, 6.07) is 8.03. The molecule has 1 heterocycles. The smallest absolute Gasteiger partial charge is 0.0841 e. The minimum absolute atomic E-state index is 0.477. The maximum absolute atomic E-state index is 10.3. The van der Waals surface area contributed by atoms with Gasteiger partial charge in [0.25, 0.3) is 0 Å². The highest BCUT2D eigenvalue weighted by Crippen LogP contribution is 2.30. The zero-order chi connectivity index (χ0) is 13.3. The fourth-order valence-corrected chi connectivity index (χ4v) is 3.41. The van der Waals surface area contributed by atoms with Gasteiger partial charge in [0.05, 0.1) is 6.10 Å². The lowest BCUT2D eigenvalue weighted by molar-refractivity contribution is 0.178. The molecule has 0 fully saturated rings. The molecule has 1 aromatic carbocycles. The van der Waals surface area contributed by atoms with Gasteiger partial charge in [-0.15, -0.1) is 11.3 Å². The molecule has 0 radical (unpaired) electrons. The summed E-state index contributed by atoms with van der Waals surface area (Å²) in [5, 5.41) is 11.0. The van der Waals surface area contributed by atoms with E-state index in [9.17, 15) is 5.11 Å². The summed E-state index contributed by atoms with van der Waals surface area (Å²) in [6.07, 6.45) is 0.0889. The maximum atomic E-state index is 10.3. The molecule has 2 rings (SSSR count). The van der Waals surface area contributed by atoms with Crippen molar-refractivity contribution in [2.45, 2.75) is 33.3 Å². The molecule has 0 amide bonds. The molecular weight excluding hydrogens is 264 g/mol. The molecule has 0 saturated heterocycles. The Morgan fingerprint density at radius 2 is 1.94 bits per heavy atom. The summed E-state index contributed by atoms with van der Waals surface area (Å²) in [4.78, 5) is 2.42. The number of benzene rings is 1. The molecule has 0 aliphatic heterocycles. The standard InChI is InChI=1S/C15H17ClOS/c1-9-4-5-12(14(16)6-9)8-15(17)13-7-10(2)18-11(13)3/h4-7,15,17H,8H2,1-3H3. The van der Waals surface area contributed by atoms with Crippen molar-refractivity contribution in [2.75, 3.05) is 0 Å². The Morgan fingerprint density at radius 3 is 2.50 bits per heavy atom.